The molecule has 3 aromatic rings. The molecule has 2 N–H and O–H groups in total. The van der Waals surface area contributed by atoms with Gasteiger partial charge >= 0.3 is 0 Å². The Morgan fingerprint density at radius 3 is 2.21 bits per heavy atom. The van der Waals surface area contributed by atoms with Crippen LogP contribution in [0.15, 0.2) is 73.1 Å². The molecular formula is C21H23N3O3S. The molecule has 0 saturated carbocycles. The fourth-order valence-corrected chi connectivity index (χ4v) is 3.41. The maximum Gasteiger partial charge on any atom is 0.251 e. The maximum atomic E-state index is 12.2. The molecule has 7 heteroatoms. The predicted octanol–water partition coefficient (Wildman–Crippen LogP) is 3.21. The normalized spacial score (nSPS) is 11.2. The summed E-state index contributed by atoms with van der Waals surface area (Å²) in [7, 11) is -3.26. The molecule has 0 saturated heterocycles. The van der Waals surface area contributed by atoms with Gasteiger partial charge in [-0.2, -0.15) is 0 Å². The highest BCUT2D eigenvalue weighted by atomic mass is 32.2. The SMILES string of the molecule is CS(=O)(=O)Nc1ccc(CCCNC(=O)c2ccc(-n3cccc3)cc2)cc1. The van der Waals surface area contributed by atoms with E-state index in [9.17, 15) is 13.2 Å². The second-order valence-corrected chi connectivity index (χ2v) is 8.32. The van der Waals surface area contributed by atoms with Gasteiger partial charge in [0, 0.05) is 35.9 Å². The van der Waals surface area contributed by atoms with E-state index in [-0.39, 0.29) is 5.91 Å². The lowest BCUT2D eigenvalue weighted by Gasteiger charge is -2.08. The van der Waals surface area contributed by atoms with Crippen molar-refractivity contribution in [2.75, 3.05) is 17.5 Å². The van der Waals surface area contributed by atoms with Crippen molar-refractivity contribution in [3.8, 4) is 5.69 Å². The van der Waals surface area contributed by atoms with Gasteiger partial charge in [-0.1, -0.05) is 12.1 Å². The Morgan fingerprint density at radius 1 is 0.964 bits per heavy atom. The van der Waals surface area contributed by atoms with Crippen LogP contribution in [0.5, 0.6) is 0 Å². The van der Waals surface area contributed by atoms with Crippen LogP contribution in [0.4, 0.5) is 5.69 Å². The van der Waals surface area contributed by atoms with Gasteiger partial charge in [0.05, 0.1) is 6.26 Å². The maximum absolute atomic E-state index is 12.2. The van der Waals surface area contributed by atoms with Crippen LogP contribution in [0.3, 0.4) is 0 Å². The summed E-state index contributed by atoms with van der Waals surface area (Å²) in [6.45, 7) is 0.571. The lowest BCUT2D eigenvalue weighted by atomic mass is 10.1. The quantitative estimate of drug-likeness (QED) is 0.573. The summed E-state index contributed by atoms with van der Waals surface area (Å²) in [6, 6.07) is 18.6. The summed E-state index contributed by atoms with van der Waals surface area (Å²) in [5.74, 6) is -0.0910. The number of nitrogens with zero attached hydrogens (tertiary/aromatic N) is 1. The number of anilines is 1. The number of rotatable bonds is 8. The lowest BCUT2D eigenvalue weighted by molar-refractivity contribution is 0.0953. The molecule has 0 aliphatic rings. The van der Waals surface area contributed by atoms with E-state index in [1.165, 1.54) is 0 Å². The Bertz CT molecular complexity index is 1010. The number of nitrogens with one attached hydrogen (secondary N) is 2. The van der Waals surface area contributed by atoms with Crippen LogP contribution in [0, 0.1) is 0 Å². The fraction of sp³-hybridized carbons (Fsp3) is 0.190. The van der Waals surface area contributed by atoms with Crippen LogP contribution in [0.1, 0.15) is 22.3 Å². The summed E-state index contributed by atoms with van der Waals surface area (Å²) in [6.07, 6.45) is 6.63. The Morgan fingerprint density at radius 2 is 1.61 bits per heavy atom. The minimum Gasteiger partial charge on any atom is -0.352 e. The molecule has 1 aromatic heterocycles. The number of carbonyl (C=O) groups excluding carboxylic acids is 1. The molecule has 0 aliphatic carbocycles. The zero-order valence-corrected chi connectivity index (χ0v) is 16.4. The van der Waals surface area contributed by atoms with Crippen LogP contribution in [0.2, 0.25) is 0 Å². The topological polar surface area (TPSA) is 80.2 Å². The minimum atomic E-state index is -3.26. The molecule has 0 bridgehead atoms. The molecule has 2 aromatic carbocycles. The van der Waals surface area contributed by atoms with Crippen molar-refractivity contribution in [3.05, 3.63) is 84.2 Å². The molecule has 0 fully saturated rings. The van der Waals surface area contributed by atoms with Gasteiger partial charge in [-0.15, -0.1) is 0 Å². The third-order valence-electron chi connectivity index (χ3n) is 4.22. The number of aromatic nitrogens is 1. The molecule has 6 nitrogen and oxygen atoms in total. The first-order valence-electron chi connectivity index (χ1n) is 8.99. The van der Waals surface area contributed by atoms with Gasteiger partial charge in [-0.05, 0) is 66.9 Å². The van der Waals surface area contributed by atoms with Crippen LogP contribution in [0.25, 0.3) is 5.69 Å². The Kier molecular flexibility index (Phi) is 6.16. The Labute approximate surface area is 165 Å². The molecule has 0 aliphatic heterocycles. The average molecular weight is 398 g/mol. The van der Waals surface area contributed by atoms with Crippen LogP contribution in [-0.4, -0.2) is 31.7 Å². The largest absolute Gasteiger partial charge is 0.352 e. The van der Waals surface area contributed by atoms with Crippen molar-refractivity contribution in [2.45, 2.75) is 12.8 Å². The molecular weight excluding hydrogens is 374 g/mol. The molecule has 0 spiro atoms. The first-order valence-corrected chi connectivity index (χ1v) is 10.9. The molecule has 1 heterocycles. The fourth-order valence-electron chi connectivity index (χ4n) is 2.84. The number of amides is 1. The van der Waals surface area contributed by atoms with Gasteiger partial charge in [0.15, 0.2) is 0 Å². The summed E-state index contributed by atoms with van der Waals surface area (Å²) < 4.78 is 26.8. The average Bonchev–Trinajstić information content (AvgIpc) is 3.20. The van der Waals surface area contributed by atoms with Crippen LogP contribution >= 0.6 is 0 Å². The number of aryl methyl sites for hydroxylation is 1. The van der Waals surface area contributed by atoms with Gasteiger partial charge in [0.25, 0.3) is 5.91 Å². The predicted molar refractivity (Wildman–Crippen MR) is 111 cm³/mol. The monoisotopic (exact) mass is 397 g/mol. The van der Waals surface area contributed by atoms with Crippen molar-refractivity contribution in [1.29, 1.82) is 0 Å². The van der Waals surface area contributed by atoms with Gasteiger partial charge in [0.2, 0.25) is 10.0 Å². The van der Waals surface area contributed by atoms with Gasteiger partial charge in [0.1, 0.15) is 0 Å². The van der Waals surface area contributed by atoms with Gasteiger partial charge in [-0.3, -0.25) is 9.52 Å². The molecule has 0 atom stereocenters. The zero-order valence-electron chi connectivity index (χ0n) is 15.6. The van der Waals surface area contributed by atoms with E-state index >= 15 is 0 Å². The molecule has 28 heavy (non-hydrogen) atoms. The van der Waals surface area contributed by atoms with E-state index in [0.29, 0.717) is 17.8 Å². The van der Waals surface area contributed by atoms with E-state index in [1.54, 1.807) is 12.1 Å². The smallest absolute Gasteiger partial charge is 0.251 e. The second kappa shape index (κ2) is 8.75. The standard InChI is InChI=1S/C21H23N3O3S/c1-28(26,27)23-19-10-6-17(7-11-19)5-4-14-22-21(25)18-8-12-20(13-9-18)24-15-2-3-16-24/h2-3,6-13,15-16,23H,4-5,14H2,1H3,(H,22,25). The summed E-state index contributed by atoms with van der Waals surface area (Å²) in [5, 5.41) is 2.93. The number of hydrogen-bond donors (Lipinski definition) is 2. The molecule has 1 amide bonds. The number of hydrogen-bond acceptors (Lipinski definition) is 3. The van der Waals surface area contributed by atoms with E-state index in [2.05, 4.69) is 10.0 Å². The van der Waals surface area contributed by atoms with Crippen molar-refractivity contribution in [1.82, 2.24) is 9.88 Å². The van der Waals surface area contributed by atoms with E-state index in [1.807, 2.05) is 65.5 Å². The van der Waals surface area contributed by atoms with Crippen molar-refractivity contribution in [2.24, 2.45) is 0 Å². The van der Waals surface area contributed by atoms with Crippen molar-refractivity contribution in [3.63, 3.8) is 0 Å². The first-order chi connectivity index (χ1) is 13.4. The van der Waals surface area contributed by atoms with E-state index < -0.39 is 10.0 Å². The van der Waals surface area contributed by atoms with E-state index in [0.717, 1.165) is 30.3 Å². The summed E-state index contributed by atoms with van der Waals surface area (Å²) in [4.78, 5) is 12.2. The molecule has 146 valence electrons. The summed E-state index contributed by atoms with van der Waals surface area (Å²) >= 11 is 0. The Hall–Kier alpha value is -3.06. The Balaban J connectivity index is 1.44. The third-order valence-corrected chi connectivity index (χ3v) is 4.82. The first kappa shape index (κ1) is 19.7. The molecule has 0 radical (unpaired) electrons. The van der Waals surface area contributed by atoms with Crippen LogP contribution in [-0.2, 0) is 16.4 Å². The van der Waals surface area contributed by atoms with Crippen molar-refractivity contribution >= 4 is 21.6 Å². The lowest BCUT2D eigenvalue weighted by Crippen LogP contribution is -2.24. The highest BCUT2D eigenvalue weighted by Gasteiger charge is 2.06. The number of sulfonamides is 1. The molecule has 0 unspecified atom stereocenters. The highest BCUT2D eigenvalue weighted by Crippen LogP contribution is 2.12. The molecule has 3 rings (SSSR count). The van der Waals surface area contributed by atoms with E-state index in [4.69, 9.17) is 0 Å². The summed E-state index contributed by atoms with van der Waals surface area (Å²) in [5.41, 5.74) is 3.27. The van der Waals surface area contributed by atoms with Crippen LogP contribution < -0.4 is 10.0 Å². The third kappa shape index (κ3) is 5.72. The van der Waals surface area contributed by atoms with Crippen molar-refractivity contribution < 1.29 is 13.2 Å². The number of carbonyl (C=O) groups is 1. The van der Waals surface area contributed by atoms with Gasteiger partial charge < -0.3 is 9.88 Å². The zero-order chi connectivity index (χ0) is 20.0. The number of benzene rings is 2. The second-order valence-electron chi connectivity index (χ2n) is 6.57. The highest BCUT2D eigenvalue weighted by molar-refractivity contribution is 7.92. The van der Waals surface area contributed by atoms with Gasteiger partial charge in [-0.25, -0.2) is 8.42 Å². The minimum absolute atomic E-state index is 0.0910.